The Morgan fingerprint density at radius 2 is 0.618 bits per heavy atom. The second-order valence-electron chi connectivity index (χ2n) is 19.3. The lowest BCUT2D eigenvalue weighted by molar-refractivity contribution is 0.731. The van der Waals surface area contributed by atoms with E-state index in [1.807, 2.05) is 18.2 Å². The predicted octanol–water partition coefficient (Wildman–Crippen LogP) is 17.0. The average Bonchev–Trinajstić information content (AvgIpc) is 3.64. The molecule has 11 aromatic carbocycles. The highest BCUT2D eigenvalue weighted by atomic mass is 15.2. The molecule has 0 spiro atoms. The summed E-state index contributed by atoms with van der Waals surface area (Å²) in [4.78, 5) is 14.8. The summed E-state index contributed by atoms with van der Waals surface area (Å²) in [6, 6.07) is 107. The van der Waals surface area contributed by atoms with Crippen molar-refractivity contribution in [3.63, 3.8) is 0 Å². The molecule has 11 aromatic rings. The molecule has 0 fully saturated rings. The van der Waals surface area contributed by atoms with E-state index in [4.69, 9.17) is 9.98 Å². The van der Waals surface area contributed by atoms with Gasteiger partial charge in [0.2, 0.25) is 0 Å². The third-order valence-corrected chi connectivity index (χ3v) is 15.3. The molecule has 5 heteroatoms. The second kappa shape index (κ2) is 19.5. The monoisotopic (exact) mass is 975 g/mol. The van der Waals surface area contributed by atoms with Crippen molar-refractivity contribution in [2.45, 2.75) is 10.8 Å². The Bertz CT molecular complexity index is 3720. The van der Waals surface area contributed by atoms with E-state index in [2.05, 4.69) is 294 Å². The normalized spacial score (nSPS) is 14.2. The van der Waals surface area contributed by atoms with E-state index in [0.717, 1.165) is 50.9 Å². The molecule has 2 heterocycles. The first-order chi connectivity index (χ1) is 37.7. The Hall–Kier alpha value is -9.84. The fraction of sp³-hybridized carbons (Fsp3) is 0.0423. The number of aliphatic imine (C=N–C) groups is 2. The topological polar surface area (TPSA) is 43.2 Å². The van der Waals surface area contributed by atoms with Crippen molar-refractivity contribution in [3.05, 3.63) is 353 Å². The Balaban J connectivity index is 0.890. The van der Waals surface area contributed by atoms with Gasteiger partial charge < -0.3 is 15.1 Å². The Morgan fingerprint density at radius 3 is 0.961 bits per heavy atom. The number of nitrogens with zero attached hydrogens (tertiary/aromatic N) is 4. The molecule has 0 atom stereocenters. The van der Waals surface area contributed by atoms with Crippen LogP contribution < -0.4 is 15.1 Å². The zero-order valence-corrected chi connectivity index (χ0v) is 42.1. The minimum atomic E-state index is -0.547. The summed E-state index contributed by atoms with van der Waals surface area (Å²) in [6.45, 7) is 0. The highest BCUT2D eigenvalue weighted by molar-refractivity contribution is 6.16. The molecule has 0 bridgehead atoms. The average molecular weight is 976 g/mol. The first kappa shape index (κ1) is 46.0. The van der Waals surface area contributed by atoms with Gasteiger partial charge in [-0.15, -0.1) is 0 Å². The molecule has 13 rings (SSSR count). The first-order valence-electron chi connectivity index (χ1n) is 26.0. The van der Waals surface area contributed by atoms with Crippen molar-refractivity contribution in [1.29, 1.82) is 0 Å². The molecule has 1 N–H and O–H groups in total. The van der Waals surface area contributed by atoms with Gasteiger partial charge in [0, 0.05) is 35.2 Å². The number of nitrogens with one attached hydrogen (secondary N) is 1. The van der Waals surface area contributed by atoms with E-state index in [-0.39, 0.29) is 0 Å². The van der Waals surface area contributed by atoms with Gasteiger partial charge in [-0.1, -0.05) is 224 Å². The van der Waals surface area contributed by atoms with Crippen LogP contribution in [0.4, 0.5) is 39.8 Å². The molecule has 2 aliphatic heterocycles. The lowest BCUT2D eigenvalue weighted by Gasteiger charge is -2.46. The van der Waals surface area contributed by atoms with E-state index in [9.17, 15) is 0 Å². The molecule has 0 radical (unpaired) electrons. The fourth-order valence-electron chi connectivity index (χ4n) is 12.1. The molecular weight excluding hydrogens is 923 g/mol. The summed E-state index contributed by atoms with van der Waals surface area (Å²) in [5.74, 6) is 1.31. The van der Waals surface area contributed by atoms with Crippen LogP contribution in [-0.2, 0) is 10.8 Å². The third kappa shape index (κ3) is 7.55. The van der Waals surface area contributed by atoms with Crippen LogP contribution in [0.15, 0.2) is 307 Å². The van der Waals surface area contributed by atoms with E-state index >= 15 is 0 Å². The highest BCUT2D eigenvalue weighted by Crippen LogP contribution is 2.59. The van der Waals surface area contributed by atoms with Crippen molar-refractivity contribution in [3.8, 4) is 0 Å². The molecule has 0 unspecified atom stereocenters. The van der Waals surface area contributed by atoms with E-state index in [1.165, 1.54) is 44.5 Å². The maximum absolute atomic E-state index is 5.31. The molecule has 0 aliphatic carbocycles. The van der Waals surface area contributed by atoms with Crippen molar-refractivity contribution >= 4 is 51.5 Å². The second-order valence-corrected chi connectivity index (χ2v) is 19.3. The van der Waals surface area contributed by atoms with Crippen LogP contribution >= 0.6 is 0 Å². The third-order valence-electron chi connectivity index (χ3n) is 15.3. The van der Waals surface area contributed by atoms with Crippen LogP contribution in [0.5, 0.6) is 0 Å². The maximum Gasteiger partial charge on any atom is 0.156 e. The molecule has 362 valence electrons. The van der Waals surface area contributed by atoms with Crippen LogP contribution in [0.1, 0.15) is 55.6 Å². The molecule has 0 aromatic heterocycles. The van der Waals surface area contributed by atoms with Gasteiger partial charge in [0.15, 0.2) is 5.84 Å². The van der Waals surface area contributed by atoms with Gasteiger partial charge in [-0.05, 0) is 117 Å². The van der Waals surface area contributed by atoms with Gasteiger partial charge in [0.1, 0.15) is 5.84 Å². The molecule has 2 aliphatic rings. The van der Waals surface area contributed by atoms with Crippen molar-refractivity contribution in [2.24, 2.45) is 9.98 Å². The van der Waals surface area contributed by atoms with Crippen LogP contribution in [-0.4, -0.2) is 18.7 Å². The first-order valence-corrected chi connectivity index (χ1v) is 26.0. The summed E-state index contributed by atoms with van der Waals surface area (Å²) in [7, 11) is 1.80. The number of amidine groups is 2. The van der Waals surface area contributed by atoms with Crippen molar-refractivity contribution < 1.29 is 0 Å². The number of para-hydroxylation sites is 4. The van der Waals surface area contributed by atoms with Crippen LogP contribution in [0.2, 0.25) is 0 Å². The van der Waals surface area contributed by atoms with Gasteiger partial charge >= 0.3 is 0 Å². The van der Waals surface area contributed by atoms with Gasteiger partial charge in [-0.3, -0.25) is 4.99 Å². The Labute approximate surface area is 445 Å². The SMILES string of the molecule is C/N=C(\N=C(/Nc1ccc(N2c3ccccc3C(c3ccccc3)(c3ccccc3)c3ccccc32)cc1)c1ccc(N2c3ccccc3C(c3ccccc3)(c3ccccc3)c3ccccc32)cc1)c1ccccc1. The number of anilines is 7. The van der Waals surface area contributed by atoms with Gasteiger partial charge in [0.05, 0.1) is 33.6 Å². The standard InChI is InChI=1S/C71H53N5/c1-72-68(51-25-7-2-8-26-51)74-69(52-43-47-58(48-44-52)75-64-39-21-17-35-60(64)70(53-27-9-3-10-28-53,54-29-11-4-12-30-54)61-36-18-22-40-65(61)75)73-57-45-49-59(50-46-57)76-66-41-23-19-37-62(66)71(55-31-13-5-14-32-55,56-33-15-6-16-34-56)63-38-20-24-42-67(63)76/h2-50H,1H3,(H,72,73,74). The minimum absolute atomic E-state index is 0.540. The summed E-state index contributed by atoms with van der Waals surface area (Å²) >= 11 is 0. The molecule has 0 amide bonds. The van der Waals surface area contributed by atoms with E-state index in [1.54, 1.807) is 7.05 Å². The van der Waals surface area contributed by atoms with Crippen LogP contribution in [0.25, 0.3) is 0 Å². The van der Waals surface area contributed by atoms with Gasteiger partial charge in [-0.2, -0.15) is 0 Å². The zero-order chi connectivity index (χ0) is 50.9. The molecule has 5 nitrogen and oxygen atoms in total. The summed E-state index contributed by atoms with van der Waals surface area (Å²) in [5.41, 5.74) is 18.1. The maximum atomic E-state index is 5.31. The number of benzene rings is 11. The largest absolute Gasteiger partial charge is 0.340 e. The van der Waals surface area contributed by atoms with Crippen molar-refractivity contribution in [1.82, 2.24) is 0 Å². The summed E-state index contributed by atoms with van der Waals surface area (Å²) < 4.78 is 0. The fourth-order valence-corrected chi connectivity index (χ4v) is 12.1. The number of hydrogen-bond donors (Lipinski definition) is 1. The summed E-state index contributed by atoms with van der Waals surface area (Å²) in [5, 5.41) is 3.77. The Morgan fingerprint density at radius 1 is 0.316 bits per heavy atom. The smallest absolute Gasteiger partial charge is 0.156 e. The lowest BCUT2D eigenvalue weighted by atomic mass is 9.62. The molecule has 0 saturated heterocycles. The highest BCUT2D eigenvalue weighted by Gasteiger charge is 2.48. The lowest BCUT2D eigenvalue weighted by Crippen LogP contribution is -2.37. The number of fused-ring (bicyclic) bond motifs is 4. The minimum Gasteiger partial charge on any atom is -0.340 e. The van der Waals surface area contributed by atoms with E-state index in [0.29, 0.717) is 11.7 Å². The Kier molecular flexibility index (Phi) is 11.8. The van der Waals surface area contributed by atoms with Crippen LogP contribution in [0.3, 0.4) is 0 Å². The van der Waals surface area contributed by atoms with Gasteiger partial charge in [-0.25, -0.2) is 4.99 Å². The number of hydrogen-bond acceptors (Lipinski definition) is 3. The number of rotatable bonds is 9. The van der Waals surface area contributed by atoms with Crippen molar-refractivity contribution in [2.75, 3.05) is 22.2 Å². The predicted molar refractivity (Wildman–Crippen MR) is 315 cm³/mol. The van der Waals surface area contributed by atoms with E-state index < -0.39 is 10.8 Å². The zero-order valence-electron chi connectivity index (χ0n) is 42.1. The quantitative estimate of drug-likeness (QED) is 0.116. The summed E-state index contributed by atoms with van der Waals surface area (Å²) in [6.07, 6.45) is 0. The molecule has 0 saturated carbocycles. The van der Waals surface area contributed by atoms with Crippen LogP contribution in [0, 0.1) is 0 Å². The molecular formula is C71H53N5. The molecule has 76 heavy (non-hydrogen) atoms. The van der Waals surface area contributed by atoms with Gasteiger partial charge in [0.25, 0.3) is 0 Å².